The molecule has 1 atom stereocenters. The number of fused-ring (bicyclic) bond motifs is 3. The standard InChI is InChI=1S/C25H25BrN4O2/c1-32-23-11-10-19(26)14-18(23)15-27-25(31)17-6-4-12-29(16-17)24-22-9-5-13-30(22)21-8-3-2-7-20(21)28-24/h2-3,5,7-11,13-14,17H,4,6,12,15-16H2,1H3,(H,27,31)/t17-/m1/s1. The zero-order valence-corrected chi connectivity index (χ0v) is 19.5. The molecule has 0 bridgehead atoms. The number of amides is 1. The zero-order valence-electron chi connectivity index (χ0n) is 17.9. The van der Waals surface area contributed by atoms with Gasteiger partial charge < -0.3 is 19.4 Å². The third-order valence-electron chi connectivity index (χ3n) is 6.13. The highest BCUT2D eigenvalue weighted by atomic mass is 79.9. The first-order chi connectivity index (χ1) is 15.6. The highest BCUT2D eigenvalue weighted by molar-refractivity contribution is 9.10. The Bertz CT molecular complexity index is 1290. The number of anilines is 1. The minimum absolute atomic E-state index is 0.0731. The van der Waals surface area contributed by atoms with Crippen LogP contribution in [0.1, 0.15) is 18.4 Å². The Hall–Kier alpha value is -3.06. The van der Waals surface area contributed by atoms with Crippen LogP contribution in [-0.4, -0.2) is 35.5 Å². The predicted octanol–water partition coefficient (Wildman–Crippen LogP) is 4.79. The van der Waals surface area contributed by atoms with Crippen molar-refractivity contribution in [1.29, 1.82) is 0 Å². The number of carbonyl (C=O) groups is 1. The van der Waals surface area contributed by atoms with Gasteiger partial charge in [-0.05, 0) is 55.3 Å². The smallest absolute Gasteiger partial charge is 0.225 e. The number of hydrogen-bond donors (Lipinski definition) is 1. The molecule has 1 N–H and O–H groups in total. The molecule has 0 aliphatic carbocycles. The molecule has 0 spiro atoms. The van der Waals surface area contributed by atoms with Crippen molar-refractivity contribution in [2.75, 3.05) is 25.1 Å². The number of ether oxygens (including phenoxy) is 1. The van der Waals surface area contributed by atoms with Crippen molar-refractivity contribution in [2.24, 2.45) is 5.92 Å². The Labute approximate surface area is 195 Å². The summed E-state index contributed by atoms with van der Waals surface area (Å²) >= 11 is 3.49. The van der Waals surface area contributed by atoms with Crippen molar-refractivity contribution >= 4 is 44.2 Å². The molecule has 7 heteroatoms. The fraction of sp³-hybridized carbons (Fsp3) is 0.280. The molecular formula is C25H25BrN4O2. The van der Waals surface area contributed by atoms with Gasteiger partial charge >= 0.3 is 0 Å². The molecule has 1 aliphatic rings. The highest BCUT2D eigenvalue weighted by Gasteiger charge is 2.28. The van der Waals surface area contributed by atoms with E-state index in [1.54, 1.807) is 7.11 Å². The number of para-hydroxylation sites is 2. The number of halogens is 1. The summed E-state index contributed by atoms with van der Waals surface area (Å²) in [6, 6.07) is 18.1. The van der Waals surface area contributed by atoms with Crippen LogP contribution in [0, 0.1) is 5.92 Å². The second-order valence-corrected chi connectivity index (χ2v) is 9.06. The molecule has 1 fully saturated rings. The maximum atomic E-state index is 13.0. The minimum atomic E-state index is -0.0785. The average Bonchev–Trinajstić information content (AvgIpc) is 3.32. The van der Waals surface area contributed by atoms with Crippen LogP contribution in [-0.2, 0) is 11.3 Å². The number of carbonyl (C=O) groups excluding carboxylic acids is 1. The average molecular weight is 493 g/mol. The van der Waals surface area contributed by atoms with E-state index < -0.39 is 0 Å². The van der Waals surface area contributed by atoms with Crippen LogP contribution >= 0.6 is 15.9 Å². The van der Waals surface area contributed by atoms with Crippen LogP contribution in [0.15, 0.2) is 65.3 Å². The summed E-state index contributed by atoms with van der Waals surface area (Å²) in [4.78, 5) is 20.3. The molecule has 0 radical (unpaired) electrons. The lowest BCUT2D eigenvalue weighted by Crippen LogP contribution is -2.43. The van der Waals surface area contributed by atoms with Crippen LogP contribution in [0.4, 0.5) is 5.82 Å². The summed E-state index contributed by atoms with van der Waals surface area (Å²) < 4.78 is 8.57. The van der Waals surface area contributed by atoms with Crippen LogP contribution in [0.3, 0.4) is 0 Å². The first kappa shape index (κ1) is 20.8. The number of methoxy groups -OCH3 is 1. The van der Waals surface area contributed by atoms with E-state index in [9.17, 15) is 4.79 Å². The Morgan fingerprint density at radius 2 is 2.03 bits per heavy atom. The van der Waals surface area contributed by atoms with Crippen LogP contribution in [0.5, 0.6) is 5.75 Å². The molecule has 2 aromatic heterocycles. The van der Waals surface area contributed by atoms with E-state index in [1.165, 1.54) is 0 Å². The molecule has 6 nitrogen and oxygen atoms in total. The van der Waals surface area contributed by atoms with E-state index in [-0.39, 0.29) is 11.8 Å². The molecule has 1 saturated heterocycles. The van der Waals surface area contributed by atoms with E-state index in [2.05, 4.69) is 48.9 Å². The first-order valence-corrected chi connectivity index (χ1v) is 11.6. The normalized spacial score (nSPS) is 16.4. The Kier molecular flexibility index (Phi) is 5.74. The summed E-state index contributed by atoms with van der Waals surface area (Å²) in [5, 5.41) is 3.11. The molecule has 5 rings (SSSR count). The Balaban J connectivity index is 1.35. The topological polar surface area (TPSA) is 58.9 Å². The molecule has 164 valence electrons. The van der Waals surface area contributed by atoms with Crippen molar-refractivity contribution in [1.82, 2.24) is 14.7 Å². The summed E-state index contributed by atoms with van der Waals surface area (Å²) in [5.41, 5.74) is 4.07. The molecule has 4 aromatic rings. The van der Waals surface area contributed by atoms with Gasteiger partial charge in [-0.3, -0.25) is 4.79 Å². The highest BCUT2D eigenvalue weighted by Crippen LogP contribution is 2.29. The van der Waals surface area contributed by atoms with Crippen LogP contribution in [0.25, 0.3) is 16.6 Å². The van der Waals surface area contributed by atoms with E-state index >= 15 is 0 Å². The number of nitrogens with zero attached hydrogens (tertiary/aromatic N) is 3. The molecular weight excluding hydrogens is 468 g/mol. The first-order valence-electron chi connectivity index (χ1n) is 10.8. The molecule has 3 heterocycles. The van der Waals surface area contributed by atoms with E-state index in [0.717, 1.165) is 57.5 Å². The predicted molar refractivity (Wildman–Crippen MR) is 130 cm³/mol. The third-order valence-corrected chi connectivity index (χ3v) is 6.63. The SMILES string of the molecule is COc1ccc(Br)cc1CNC(=O)[C@@H]1CCCN(c2nc3ccccc3n3cccc23)C1. The minimum Gasteiger partial charge on any atom is -0.496 e. The third kappa shape index (κ3) is 3.93. The van der Waals surface area contributed by atoms with Crippen molar-refractivity contribution < 1.29 is 9.53 Å². The summed E-state index contributed by atoms with van der Waals surface area (Å²) in [5.74, 6) is 1.71. The lowest BCUT2D eigenvalue weighted by Gasteiger charge is -2.33. The van der Waals surface area contributed by atoms with E-state index in [0.29, 0.717) is 13.1 Å². The van der Waals surface area contributed by atoms with Gasteiger partial charge in [0.05, 0.1) is 29.6 Å². The van der Waals surface area contributed by atoms with E-state index in [1.807, 2.05) is 42.5 Å². The van der Waals surface area contributed by atoms with Gasteiger partial charge in [-0.15, -0.1) is 0 Å². The summed E-state index contributed by atoms with van der Waals surface area (Å²) in [7, 11) is 1.65. The van der Waals surface area contributed by atoms with Crippen LogP contribution in [0.2, 0.25) is 0 Å². The van der Waals surface area contributed by atoms with Gasteiger partial charge in [0, 0.05) is 35.9 Å². The molecule has 2 aromatic carbocycles. The Morgan fingerprint density at radius 3 is 2.91 bits per heavy atom. The molecule has 1 amide bonds. The largest absolute Gasteiger partial charge is 0.496 e. The van der Waals surface area contributed by atoms with Crippen LogP contribution < -0.4 is 15.0 Å². The maximum absolute atomic E-state index is 13.0. The maximum Gasteiger partial charge on any atom is 0.225 e. The number of benzene rings is 2. The zero-order chi connectivity index (χ0) is 22.1. The monoisotopic (exact) mass is 492 g/mol. The van der Waals surface area contributed by atoms with Crippen molar-refractivity contribution in [2.45, 2.75) is 19.4 Å². The van der Waals surface area contributed by atoms with Gasteiger partial charge in [0.2, 0.25) is 5.91 Å². The number of aromatic nitrogens is 2. The van der Waals surface area contributed by atoms with Gasteiger partial charge in [-0.1, -0.05) is 28.1 Å². The molecule has 0 unspecified atom stereocenters. The van der Waals surface area contributed by atoms with Gasteiger partial charge in [-0.2, -0.15) is 0 Å². The quantitative estimate of drug-likeness (QED) is 0.435. The summed E-state index contributed by atoms with van der Waals surface area (Å²) in [6.45, 7) is 2.00. The fourth-order valence-corrected chi connectivity index (χ4v) is 4.94. The molecule has 1 aliphatic heterocycles. The lowest BCUT2D eigenvalue weighted by molar-refractivity contribution is -0.125. The van der Waals surface area contributed by atoms with Gasteiger partial charge in [0.25, 0.3) is 0 Å². The molecule has 32 heavy (non-hydrogen) atoms. The van der Waals surface area contributed by atoms with Gasteiger partial charge in [-0.25, -0.2) is 4.98 Å². The summed E-state index contributed by atoms with van der Waals surface area (Å²) in [6.07, 6.45) is 3.91. The second-order valence-electron chi connectivity index (χ2n) is 8.15. The van der Waals surface area contributed by atoms with Gasteiger partial charge in [0.15, 0.2) is 5.82 Å². The van der Waals surface area contributed by atoms with Crippen molar-refractivity contribution in [3.8, 4) is 5.75 Å². The number of hydrogen-bond acceptors (Lipinski definition) is 4. The number of piperidine rings is 1. The van der Waals surface area contributed by atoms with Gasteiger partial charge in [0.1, 0.15) is 5.75 Å². The number of rotatable bonds is 5. The molecule has 0 saturated carbocycles. The van der Waals surface area contributed by atoms with E-state index in [4.69, 9.17) is 9.72 Å². The Morgan fingerprint density at radius 1 is 1.19 bits per heavy atom. The second kappa shape index (κ2) is 8.82. The fourth-order valence-electron chi connectivity index (χ4n) is 4.54. The lowest BCUT2D eigenvalue weighted by atomic mass is 9.97. The van der Waals surface area contributed by atoms with Crippen molar-refractivity contribution in [3.05, 3.63) is 70.8 Å². The number of nitrogens with one attached hydrogen (secondary N) is 1. The van der Waals surface area contributed by atoms with Crippen molar-refractivity contribution in [3.63, 3.8) is 0 Å².